The van der Waals surface area contributed by atoms with E-state index in [1.165, 1.54) is 38.3 Å². The van der Waals surface area contributed by atoms with E-state index in [1.807, 2.05) is 32.0 Å². The number of carbonyl (C=O) groups is 11. The van der Waals surface area contributed by atoms with Crippen LogP contribution >= 0.6 is 0 Å². The van der Waals surface area contributed by atoms with Gasteiger partial charge in [-0.2, -0.15) is 0 Å². The summed E-state index contributed by atoms with van der Waals surface area (Å²) < 4.78 is 17.7. The lowest BCUT2D eigenvalue weighted by molar-refractivity contribution is -0.148. The van der Waals surface area contributed by atoms with E-state index in [9.17, 15) is 57.8 Å². The Labute approximate surface area is 554 Å². The summed E-state index contributed by atoms with van der Waals surface area (Å²) in [4.78, 5) is 152. The molecule has 0 radical (unpaired) electrons. The second kappa shape index (κ2) is 38.4. The van der Waals surface area contributed by atoms with Gasteiger partial charge < -0.3 is 66.8 Å². The fourth-order valence-corrected chi connectivity index (χ4v) is 12.1. The highest BCUT2D eigenvalue weighted by Gasteiger charge is 2.44. The number of aliphatic hydroxyl groups excluding tert-OH is 1. The van der Waals surface area contributed by atoms with Gasteiger partial charge in [-0.1, -0.05) is 118 Å². The minimum atomic E-state index is -1.11. The SMILES string of the molecule is CC[C@H](C)[C@@H]([C@H](CC(=O)N1CCC[C@H]1[C@H](OC)[C@@H](C)C(=O)N[C@H](C)[C@@H](O)c1ccccc1)OC)N(C)C(=O)[C@@H](NC(=O)C(C(C)C)N(C)C(=O)OCc1ccc(NC(=O)[C@@H](CCCNC(N)=O)NC(=O)C(NC(=O)CCCCCN2C(=O)C=CC2=O)C(C)C)cc1)C(C)C. The Kier molecular flexibility index (Phi) is 32.1. The van der Waals surface area contributed by atoms with Crippen LogP contribution in [0.2, 0.25) is 0 Å². The number of hydrogen-bond donors (Lipinski definition) is 8. The van der Waals surface area contributed by atoms with Crippen molar-refractivity contribution in [3.05, 3.63) is 77.9 Å². The number of urea groups is 1. The van der Waals surface area contributed by atoms with Crippen molar-refractivity contribution in [1.29, 1.82) is 0 Å². The molecule has 0 saturated carbocycles. The molecule has 26 nitrogen and oxygen atoms in total. The minimum absolute atomic E-state index is 0.0841. The molecule has 12 atom stereocenters. The van der Waals surface area contributed by atoms with Gasteiger partial charge in [-0.05, 0) is 92.4 Å². The van der Waals surface area contributed by atoms with Crippen LogP contribution in [-0.4, -0.2) is 192 Å². The average molecular weight is 1320 g/mol. The van der Waals surface area contributed by atoms with Gasteiger partial charge in [0.1, 0.15) is 30.8 Å². The van der Waals surface area contributed by atoms with E-state index < -0.39 is 114 Å². The van der Waals surface area contributed by atoms with E-state index in [-0.39, 0.29) is 86.8 Å². The molecule has 2 unspecified atom stereocenters. The average Bonchev–Trinajstić information content (AvgIpc) is 1.33. The number of likely N-dealkylation sites (tertiary alicyclic amines) is 1. The van der Waals surface area contributed by atoms with Crippen LogP contribution < -0.4 is 37.6 Å². The number of methoxy groups -OCH3 is 2. The maximum Gasteiger partial charge on any atom is 0.410 e. The van der Waals surface area contributed by atoms with Crippen LogP contribution in [0.3, 0.4) is 0 Å². The summed E-state index contributed by atoms with van der Waals surface area (Å²) in [5, 5.41) is 27.6. The van der Waals surface area contributed by atoms with Gasteiger partial charge in [0.15, 0.2) is 0 Å². The second-order valence-electron chi connectivity index (χ2n) is 25.8. The quantitative estimate of drug-likeness (QED) is 0.0321. The van der Waals surface area contributed by atoms with Gasteiger partial charge in [0.2, 0.25) is 41.4 Å². The van der Waals surface area contributed by atoms with E-state index in [0.717, 1.165) is 4.90 Å². The zero-order chi connectivity index (χ0) is 70.1. The molecule has 2 heterocycles. The normalized spacial score (nSPS) is 17.4. The number of nitrogens with two attached hydrogens (primary N) is 1. The molecule has 2 aromatic carbocycles. The van der Waals surface area contributed by atoms with Crippen molar-refractivity contribution in [3.63, 3.8) is 0 Å². The molecule has 1 saturated heterocycles. The van der Waals surface area contributed by atoms with Crippen LogP contribution in [0.25, 0.3) is 0 Å². The van der Waals surface area contributed by atoms with Crippen LogP contribution in [0.1, 0.15) is 151 Å². The van der Waals surface area contributed by atoms with Crippen molar-refractivity contribution in [3.8, 4) is 0 Å². The molecule has 94 heavy (non-hydrogen) atoms. The molecule has 0 aromatic heterocycles. The van der Waals surface area contributed by atoms with E-state index in [0.29, 0.717) is 61.9 Å². The number of nitrogens with zero attached hydrogens (tertiary/aromatic N) is 4. The molecular formula is C68H105N11O15. The third-order valence-corrected chi connectivity index (χ3v) is 17.7. The molecule has 0 bridgehead atoms. The number of carbonyl (C=O) groups excluding carboxylic acids is 11. The van der Waals surface area contributed by atoms with Gasteiger partial charge in [0, 0.05) is 72.2 Å². The number of benzene rings is 2. The number of rotatable bonds is 38. The first kappa shape index (κ1) is 78.5. The Morgan fingerprint density at radius 3 is 1.93 bits per heavy atom. The van der Waals surface area contributed by atoms with Crippen molar-refractivity contribution in [2.75, 3.05) is 53.3 Å². The summed E-state index contributed by atoms with van der Waals surface area (Å²) in [6.07, 6.45) is 2.94. The lowest BCUT2D eigenvalue weighted by Crippen LogP contribution is -2.60. The molecule has 4 rings (SSSR count). The van der Waals surface area contributed by atoms with Gasteiger partial charge in [-0.3, -0.25) is 53.0 Å². The number of amides is 12. The van der Waals surface area contributed by atoms with Crippen molar-refractivity contribution in [2.24, 2.45) is 35.3 Å². The molecule has 1 fully saturated rings. The van der Waals surface area contributed by atoms with Gasteiger partial charge in [0.25, 0.3) is 11.8 Å². The number of aliphatic hydroxyl groups is 1. The van der Waals surface area contributed by atoms with Crippen LogP contribution in [0.5, 0.6) is 0 Å². The topological polar surface area (TPSA) is 347 Å². The number of imide groups is 1. The summed E-state index contributed by atoms with van der Waals surface area (Å²) in [5.41, 5.74) is 6.77. The Morgan fingerprint density at radius 1 is 0.713 bits per heavy atom. The number of nitrogens with one attached hydrogen (secondary N) is 6. The van der Waals surface area contributed by atoms with Crippen molar-refractivity contribution in [2.45, 2.75) is 201 Å². The van der Waals surface area contributed by atoms with Crippen LogP contribution in [-0.2, 0) is 64.0 Å². The fraction of sp³-hybridized carbons (Fsp3) is 0.632. The predicted molar refractivity (Wildman–Crippen MR) is 353 cm³/mol. The molecular weight excluding hydrogens is 1210 g/mol. The van der Waals surface area contributed by atoms with Crippen LogP contribution in [0.4, 0.5) is 15.3 Å². The van der Waals surface area contributed by atoms with E-state index in [4.69, 9.17) is 19.9 Å². The predicted octanol–water partition coefficient (Wildman–Crippen LogP) is 5.08. The standard InChI is InChI=1S/C68H105N11O15/c1-15-43(8)59(51(92-13)38-55(83)78-37-23-27-50(78)61(93-14)44(9)62(85)71-45(10)60(84)47-24-18-16-19-25-47)76(11)66(89)57(41(4)5)75-65(88)58(42(6)7)77(12)68(91)94-39-46-29-31-48(32-30-46)72-63(86)49(26-22-35-70-67(69)90)73-64(87)56(40(2)3)74-52(80)28-20-17-21-36-79-53(81)33-34-54(79)82/h16,18-19,24-25,29-34,40-45,49-51,56-61,84H,15,17,20-23,26-28,35-39H2,1-14H3,(H,71,85)(H,72,86)(H,73,87)(H,74,80)(H,75,88)(H3,69,70,90)/t43-,44+,45+,49+,50-,51-,56?,57-,58?,59-,60+,61+/m0/s1. The van der Waals surface area contributed by atoms with E-state index in [1.54, 1.807) is 109 Å². The lowest BCUT2D eigenvalue weighted by Gasteiger charge is -2.41. The number of primary amides is 1. The van der Waals surface area contributed by atoms with Crippen LogP contribution in [0.15, 0.2) is 66.7 Å². The molecule has 2 aliphatic rings. The molecule has 2 aromatic rings. The van der Waals surface area contributed by atoms with Crippen molar-refractivity contribution in [1.82, 2.24) is 46.2 Å². The smallest absolute Gasteiger partial charge is 0.410 e. The maximum atomic E-state index is 14.8. The number of ether oxygens (including phenoxy) is 3. The van der Waals surface area contributed by atoms with Crippen LogP contribution in [0, 0.1) is 29.6 Å². The second-order valence-corrected chi connectivity index (χ2v) is 25.8. The molecule has 26 heteroatoms. The van der Waals surface area contributed by atoms with E-state index >= 15 is 0 Å². The summed E-state index contributed by atoms with van der Waals surface area (Å²) >= 11 is 0. The number of anilines is 1. The summed E-state index contributed by atoms with van der Waals surface area (Å²) in [6.45, 7) is 18.6. The van der Waals surface area contributed by atoms with Gasteiger partial charge >= 0.3 is 12.1 Å². The highest BCUT2D eigenvalue weighted by molar-refractivity contribution is 6.12. The molecule has 0 aliphatic carbocycles. The molecule has 12 amide bonds. The maximum absolute atomic E-state index is 14.8. The Morgan fingerprint density at radius 2 is 1.35 bits per heavy atom. The third-order valence-electron chi connectivity index (χ3n) is 17.7. The third kappa shape index (κ3) is 22.9. The zero-order valence-corrected chi connectivity index (χ0v) is 57.4. The zero-order valence-electron chi connectivity index (χ0n) is 57.4. The van der Waals surface area contributed by atoms with Crippen molar-refractivity contribution < 1.29 is 72.1 Å². The van der Waals surface area contributed by atoms with Crippen molar-refractivity contribution >= 4 is 71.0 Å². The fourth-order valence-electron chi connectivity index (χ4n) is 12.1. The minimum Gasteiger partial charge on any atom is -0.445 e. The molecule has 2 aliphatic heterocycles. The molecule has 0 spiro atoms. The molecule has 522 valence electrons. The summed E-state index contributed by atoms with van der Waals surface area (Å²) in [6, 6.07) is 8.74. The summed E-state index contributed by atoms with van der Waals surface area (Å²) in [7, 11) is 6.08. The lowest BCUT2D eigenvalue weighted by atomic mass is 9.89. The Hall–Kier alpha value is -7.97. The first-order valence-electron chi connectivity index (χ1n) is 32.9. The first-order chi connectivity index (χ1) is 44.5. The number of hydrogen-bond acceptors (Lipinski definition) is 15. The van der Waals surface area contributed by atoms with Gasteiger partial charge in [0.05, 0.1) is 48.8 Å². The highest BCUT2D eigenvalue weighted by atomic mass is 16.6. The Balaban J connectivity index is 1.37. The van der Waals surface area contributed by atoms with Gasteiger partial charge in [-0.25, -0.2) is 9.59 Å². The van der Waals surface area contributed by atoms with E-state index in [2.05, 4.69) is 31.9 Å². The Bertz CT molecular complexity index is 2880. The summed E-state index contributed by atoms with van der Waals surface area (Å²) in [5.74, 6) is -6.02. The number of likely N-dealkylation sites (N-methyl/N-ethyl adjacent to an activating group) is 2. The highest BCUT2D eigenvalue weighted by Crippen LogP contribution is 2.31. The monoisotopic (exact) mass is 1320 g/mol. The number of unbranched alkanes of at least 4 members (excludes halogenated alkanes) is 2. The molecule has 9 N–H and O–H groups in total. The first-order valence-corrected chi connectivity index (χ1v) is 32.9. The largest absolute Gasteiger partial charge is 0.445 e. The van der Waals surface area contributed by atoms with Gasteiger partial charge in [-0.15, -0.1) is 0 Å².